The zero-order chi connectivity index (χ0) is 20.0. The molecule has 0 bridgehead atoms. The number of aromatic nitrogens is 1. The molecule has 1 aliphatic rings. The first-order chi connectivity index (χ1) is 12.5. The van der Waals surface area contributed by atoms with Gasteiger partial charge in [0.25, 0.3) is 5.91 Å². The maximum atomic E-state index is 13.1. The van der Waals surface area contributed by atoms with Crippen molar-refractivity contribution >= 4 is 23.1 Å². The Bertz CT molecular complexity index is 921. The van der Waals surface area contributed by atoms with Crippen molar-refractivity contribution in [1.29, 1.82) is 0 Å². The Morgan fingerprint density at radius 3 is 2.33 bits per heavy atom. The van der Waals surface area contributed by atoms with Crippen LogP contribution in [0.1, 0.15) is 37.6 Å². The number of benzene rings is 1. The van der Waals surface area contributed by atoms with Gasteiger partial charge in [0.05, 0.1) is 21.8 Å². The molecule has 2 aromatic rings. The van der Waals surface area contributed by atoms with E-state index in [0.29, 0.717) is 12.1 Å². The molecule has 1 amide bonds. The number of pyridine rings is 1. The third kappa shape index (κ3) is 3.46. The van der Waals surface area contributed by atoms with E-state index in [-0.39, 0.29) is 16.6 Å². The summed E-state index contributed by atoms with van der Waals surface area (Å²) in [6, 6.07) is 10.1. The molecule has 0 spiro atoms. The van der Waals surface area contributed by atoms with Crippen LogP contribution in [-0.2, 0) is 16.5 Å². The summed E-state index contributed by atoms with van der Waals surface area (Å²) in [7, 11) is 0. The van der Waals surface area contributed by atoms with Crippen molar-refractivity contribution in [2.24, 2.45) is 0 Å². The average molecular weight is 395 g/mol. The summed E-state index contributed by atoms with van der Waals surface area (Å²) in [6.45, 7) is 5.69. The summed E-state index contributed by atoms with van der Waals surface area (Å²) in [6.07, 6.45) is -3.77. The third-order valence-electron chi connectivity index (χ3n) is 4.77. The number of halogens is 4. The molecule has 142 valence electrons. The van der Waals surface area contributed by atoms with Crippen molar-refractivity contribution in [3.05, 3.63) is 70.0 Å². The number of alkyl halides is 3. The molecule has 0 aliphatic carbocycles. The van der Waals surface area contributed by atoms with E-state index in [4.69, 9.17) is 11.6 Å². The Morgan fingerprint density at radius 1 is 1.15 bits per heavy atom. The molecule has 27 heavy (non-hydrogen) atoms. The normalized spacial score (nSPS) is 15.7. The third-order valence-corrected chi connectivity index (χ3v) is 5.05. The monoisotopic (exact) mass is 394 g/mol. The number of carbonyl (C=O) groups is 1. The van der Waals surface area contributed by atoms with E-state index in [1.165, 1.54) is 0 Å². The van der Waals surface area contributed by atoms with Crippen LogP contribution >= 0.6 is 11.6 Å². The quantitative estimate of drug-likeness (QED) is 0.707. The lowest BCUT2D eigenvalue weighted by Gasteiger charge is -2.36. The van der Waals surface area contributed by atoms with Gasteiger partial charge in [-0.05, 0) is 38.0 Å². The number of amides is 1. The van der Waals surface area contributed by atoms with Crippen molar-refractivity contribution in [1.82, 2.24) is 9.88 Å². The molecule has 0 N–H and O–H groups in total. The fraction of sp³-hybridized carbons (Fsp3) is 0.300. The molecular formula is C20H18ClF3N2O. The van der Waals surface area contributed by atoms with Crippen molar-refractivity contribution in [2.75, 3.05) is 6.54 Å². The Hall–Kier alpha value is -2.34. The van der Waals surface area contributed by atoms with Gasteiger partial charge in [-0.2, -0.15) is 13.2 Å². The van der Waals surface area contributed by atoms with Gasteiger partial charge in [0.1, 0.15) is 0 Å². The van der Waals surface area contributed by atoms with E-state index < -0.39 is 17.3 Å². The molecule has 1 aliphatic heterocycles. The summed E-state index contributed by atoms with van der Waals surface area (Å²) in [5.74, 6) is -0.193. The minimum Gasteiger partial charge on any atom is -0.324 e. The molecule has 0 unspecified atom stereocenters. The maximum absolute atomic E-state index is 13.1. The predicted octanol–water partition coefficient (Wildman–Crippen LogP) is 5.30. The van der Waals surface area contributed by atoms with Gasteiger partial charge in [0.2, 0.25) is 0 Å². The lowest BCUT2D eigenvalue weighted by atomic mass is 9.96. The first-order valence-corrected chi connectivity index (χ1v) is 8.71. The lowest BCUT2D eigenvalue weighted by molar-refractivity contribution is -0.138. The average Bonchev–Trinajstić information content (AvgIpc) is 2.89. The number of hydrogen-bond donors (Lipinski definition) is 0. The van der Waals surface area contributed by atoms with E-state index in [2.05, 4.69) is 4.98 Å². The van der Waals surface area contributed by atoms with Gasteiger partial charge in [-0.1, -0.05) is 41.9 Å². The molecule has 0 saturated carbocycles. The molecule has 7 heteroatoms. The molecule has 1 aromatic carbocycles. The molecular weight excluding hydrogens is 377 g/mol. The smallest absolute Gasteiger partial charge is 0.324 e. The van der Waals surface area contributed by atoms with Crippen LogP contribution < -0.4 is 0 Å². The highest BCUT2D eigenvalue weighted by Gasteiger charge is 2.42. The predicted molar refractivity (Wildman–Crippen MR) is 98.0 cm³/mol. The Morgan fingerprint density at radius 2 is 1.78 bits per heavy atom. The summed E-state index contributed by atoms with van der Waals surface area (Å²) in [4.78, 5) is 18.6. The van der Waals surface area contributed by atoms with E-state index >= 15 is 0 Å². The molecule has 0 atom stereocenters. The van der Waals surface area contributed by atoms with Crippen LogP contribution in [0.25, 0.3) is 5.57 Å². The largest absolute Gasteiger partial charge is 0.417 e. The van der Waals surface area contributed by atoms with Gasteiger partial charge < -0.3 is 4.90 Å². The molecule has 0 radical (unpaired) electrons. The minimum atomic E-state index is -4.53. The number of carbonyl (C=O) groups excluding carboxylic acids is 1. The van der Waals surface area contributed by atoms with Crippen molar-refractivity contribution in [3.63, 3.8) is 0 Å². The van der Waals surface area contributed by atoms with Gasteiger partial charge in [-0.3, -0.25) is 9.78 Å². The van der Waals surface area contributed by atoms with E-state index in [1.807, 2.05) is 37.3 Å². The molecule has 2 heterocycles. The second-order valence-corrected chi connectivity index (χ2v) is 7.43. The van der Waals surface area contributed by atoms with Crippen LogP contribution in [0.2, 0.25) is 5.02 Å². The molecule has 3 rings (SSSR count). The topological polar surface area (TPSA) is 33.2 Å². The van der Waals surface area contributed by atoms with Crippen LogP contribution in [0, 0.1) is 0 Å². The SMILES string of the molecule is CC1=C(c2ccccc2)C(=O)N(C(C)(C)c2ncc(C(F)(F)F)cc2Cl)C1. The molecule has 0 saturated heterocycles. The summed E-state index contributed by atoms with van der Waals surface area (Å²) < 4.78 is 38.6. The number of rotatable bonds is 3. The van der Waals surface area contributed by atoms with Gasteiger partial charge in [-0.25, -0.2) is 0 Å². The summed E-state index contributed by atoms with van der Waals surface area (Å²) >= 11 is 6.12. The first kappa shape index (κ1) is 19.4. The summed E-state index contributed by atoms with van der Waals surface area (Å²) in [5, 5.41) is -0.117. The second kappa shape index (κ2) is 6.68. The Balaban J connectivity index is 1.96. The zero-order valence-electron chi connectivity index (χ0n) is 15.1. The fourth-order valence-electron chi connectivity index (χ4n) is 3.30. The molecule has 3 nitrogen and oxygen atoms in total. The van der Waals surface area contributed by atoms with E-state index in [9.17, 15) is 18.0 Å². The zero-order valence-corrected chi connectivity index (χ0v) is 15.8. The van der Waals surface area contributed by atoms with Crippen LogP contribution in [-0.4, -0.2) is 22.3 Å². The second-order valence-electron chi connectivity index (χ2n) is 7.02. The first-order valence-electron chi connectivity index (χ1n) is 8.34. The maximum Gasteiger partial charge on any atom is 0.417 e. The van der Waals surface area contributed by atoms with Crippen molar-refractivity contribution in [2.45, 2.75) is 32.5 Å². The Kier molecular flexibility index (Phi) is 4.80. The van der Waals surface area contributed by atoms with Gasteiger partial charge >= 0.3 is 6.18 Å². The van der Waals surface area contributed by atoms with Crippen LogP contribution in [0.15, 0.2) is 48.2 Å². The van der Waals surface area contributed by atoms with Crippen molar-refractivity contribution < 1.29 is 18.0 Å². The minimum absolute atomic E-state index is 0.117. The standard InChI is InChI=1S/C20H18ClF3N2O/c1-12-11-26(18(27)16(12)13-7-5-4-6-8-13)19(2,3)17-15(21)9-14(10-25-17)20(22,23)24/h4-10H,11H2,1-3H3. The lowest BCUT2D eigenvalue weighted by Crippen LogP contribution is -2.44. The van der Waals surface area contributed by atoms with Crippen LogP contribution in [0.5, 0.6) is 0 Å². The van der Waals surface area contributed by atoms with Gasteiger partial charge in [0, 0.05) is 18.3 Å². The molecule has 0 fully saturated rings. The highest BCUT2D eigenvalue weighted by Crippen LogP contribution is 2.40. The molecule has 1 aromatic heterocycles. The van der Waals surface area contributed by atoms with Crippen LogP contribution in [0.4, 0.5) is 13.2 Å². The van der Waals surface area contributed by atoms with Crippen molar-refractivity contribution in [3.8, 4) is 0 Å². The number of nitrogens with zero attached hydrogens (tertiary/aromatic N) is 2. The number of hydrogen-bond acceptors (Lipinski definition) is 2. The summed E-state index contributed by atoms with van der Waals surface area (Å²) in [5.41, 5.74) is 0.640. The van der Waals surface area contributed by atoms with Gasteiger partial charge in [0.15, 0.2) is 0 Å². The highest BCUT2D eigenvalue weighted by atomic mass is 35.5. The van der Waals surface area contributed by atoms with Crippen LogP contribution in [0.3, 0.4) is 0 Å². The van der Waals surface area contributed by atoms with E-state index in [1.54, 1.807) is 18.7 Å². The highest BCUT2D eigenvalue weighted by molar-refractivity contribution is 6.31. The fourth-order valence-corrected chi connectivity index (χ4v) is 3.70. The van der Waals surface area contributed by atoms with Gasteiger partial charge in [-0.15, -0.1) is 0 Å². The Labute approximate surface area is 160 Å². The van der Waals surface area contributed by atoms with E-state index in [0.717, 1.165) is 23.4 Å².